The minimum Gasteiger partial charge on any atom is -0.361 e. The molecule has 0 amide bonds. The molecule has 0 aromatic heterocycles. The fourth-order valence-corrected chi connectivity index (χ4v) is 0.626. The van der Waals surface area contributed by atoms with Crippen LogP contribution in [-0.4, -0.2) is 19.2 Å². The van der Waals surface area contributed by atoms with Gasteiger partial charge in [-0.15, -0.1) is 0 Å². The normalized spacial score (nSPS) is 13.7. The van der Waals surface area contributed by atoms with Crippen molar-refractivity contribution in [1.29, 1.82) is 0 Å². The van der Waals surface area contributed by atoms with Crippen LogP contribution in [0, 0.1) is 0 Å². The second-order valence-electron chi connectivity index (χ2n) is 2.15. The van der Waals surface area contributed by atoms with E-state index < -0.39 is 0 Å². The Hall–Kier alpha value is 0.350. The zero-order valence-corrected chi connectivity index (χ0v) is 7.34. The zero-order chi connectivity index (χ0) is 7.11. The summed E-state index contributed by atoms with van der Waals surface area (Å²) in [6.45, 7) is 6.21. The molecule has 0 rings (SSSR count). The summed E-state index contributed by atoms with van der Waals surface area (Å²) in [5, 5.41) is 3.25. The third-order valence-electron chi connectivity index (χ3n) is 1.09. The van der Waals surface area contributed by atoms with Crippen LogP contribution in [0.3, 0.4) is 0 Å². The lowest BCUT2D eigenvalue weighted by atomic mass is 10.4. The van der Waals surface area contributed by atoms with Gasteiger partial charge in [-0.2, -0.15) is 0 Å². The van der Waals surface area contributed by atoms with Gasteiger partial charge in [0.15, 0.2) is 0 Å². The quantitative estimate of drug-likeness (QED) is 0.468. The predicted molar refractivity (Wildman–Crippen MR) is 43.4 cm³/mol. The van der Waals surface area contributed by atoms with Crippen LogP contribution >= 0.6 is 9.47 Å². The number of nitrogens with one attached hydrogen (secondary N) is 1. The fraction of sp³-hybridized carbons (Fsp3) is 1.00. The number of hydrogen-bond acceptors (Lipinski definition) is 2. The highest BCUT2D eigenvalue weighted by Crippen LogP contribution is 1.93. The Balaban J connectivity index is 2.88. The van der Waals surface area contributed by atoms with Crippen molar-refractivity contribution in [3.63, 3.8) is 0 Å². The molecule has 0 radical (unpaired) electrons. The Labute approximate surface area is 59.6 Å². The van der Waals surface area contributed by atoms with Gasteiger partial charge >= 0.3 is 0 Å². The number of hydrogen-bond donors (Lipinski definition) is 1. The van der Waals surface area contributed by atoms with Gasteiger partial charge in [-0.05, 0) is 19.9 Å². The Morgan fingerprint density at radius 1 is 1.67 bits per heavy atom. The smallest absolute Gasteiger partial charge is 0.0707 e. The Morgan fingerprint density at radius 2 is 2.33 bits per heavy atom. The second-order valence-corrected chi connectivity index (χ2v) is 2.42. The molecule has 3 heteroatoms. The van der Waals surface area contributed by atoms with Crippen molar-refractivity contribution in [1.82, 2.24) is 5.32 Å². The van der Waals surface area contributed by atoms with Crippen LogP contribution in [0.5, 0.6) is 0 Å². The molecule has 0 heterocycles. The molecule has 0 bridgehead atoms. The summed E-state index contributed by atoms with van der Waals surface area (Å²) < 4.78 is 4.95. The summed E-state index contributed by atoms with van der Waals surface area (Å²) in [7, 11) is 2.26. The number of rotatable bonds is 5. The second kappa shape index (κ2) is 6.47. The molecule has 0 aliphatic rings. The highest BCUT2D eigenvalue weighted by Gasteiger charge is 1.95. The van der Waals surface area contributed by atoms with Crippen LogP contribution in [0.15, 0.2) is 0 Å². The molecule has 0 saturated carbocycles. The van der Waals surface area contributed by atoms with Crippen LogP contribution in [0.4, 0.5) is 0 Å². The molecule has 0 aromatic carbocycles. The molecule has 56 valence electrons. The van der Waals surface area contributed by atoms with Crippen LogP contribution in [0.2, 0.25) is 0 Å². The van der Waals surface area contributed by atoms with Crippen molar-refractivity contribution >= 4 is 9.47 Å². The lowest BCUT2D eigenvalue weighted by Gasteiger charge is -2.08. The highest BCUT2D eigenvalue weighted by atomic mass is 31.0. The summed E-state index contributed by atoms with van der Waals surface area (Å²) in [5.74, 6) is 0. The average Bonchev–Trinajstić information content (AvgIpc) is 1.89. The third kappa shape index (κ3) is 6.23. The summed E-state index contributed by atoms with van der Waals surface area (Å²) in [4.78, 5) is 0. The molecule has 2 atom stereocenters. The van der Waals surface area contributed by atoms with Gasteiger partial charge in [0.2, 0.25) is 0 Å². The maximum Gasteiger partial charge on any atom is 0.0707 e. The standard InChI is InChI=1S/C6H16NOP/c1-3-4-7-5-6(2)8-9/h6-7H,3-5,9H2,1-2H3/t6-/m0/s1. The first kappa shape index (κ1) is 9.35. The summed E-state index contributed by atoms with van der Waals surface area (Å²) in [6, 6.07) is 0. The van der Waals surface area contributed by atoms with Gasteiger partial charge < -0.3 is 9.84 Å². The molecule has 9 heavy (non-hydrogen) atoms. The Morgan fingerprint density at radius 3 is 2.78 bits per heavy atom. The predicted octanol–water partition coefficient (Wildman–Crippen LogP) is 1.18. The molecule has 0 fully saturated rings. The SMILES string of the molecule is CCCNC[C@H](C)OP. The molecule has 0 spiro atoms. The van der Waals surface area contributed by atoms with Gasteiger partial charge in [0, 0.05) is 16.0 Å². The third-order valence-corrected chi connectivity index (χ3v) is 1.56. The summed E-state index contributed by atoms with van der Waals surface area (Å²) in [6.07, 6.45) is 1.49. The van der Waals surface area contributed by atoms with Crippen LogP contribution < -0.4 is 5.32 Å². The van der Waals surface area contributed by atoms with E-state index in [1.165, 1.54) is 6.42 Å². The molecule has 1 unspecified atom stereocenters. The maximum absolute atomic E-state index is 4.95. The lowest BCUT2D eigenvalue weighted by Crippen LogP contribution is -2.25. The zero-order valence-electron chi connectivity index (χ0n) is 6.18. The van der Waals surface area contributed by atoms with E-state index >= 15 is 0 Å². The largest absolute Gasteiger partial charge is 0.361 e. The minimum absolute atomic E-state index is 0.307. The van der Waals surface area contributed by atoms with Crippen molar-refractivity contribution in [3.8, 4) is 0 Å². The van der Waals surface area contributed by atoms with Gasteiger partial charge in [0.05, 0.1) is 6.10 Å². The summed E-state index contributed by atoms with van der Waals surface area (Å²) in [5.41, 5.74) is 0. The summed E-state index contributed by atoms with van der Waals surface area (Å²) >= 11 is 0. The van der Waals surface area contributed by atoms with E-state index in [1.807, 2.05) is 6.92 Å². The first-order valence-corrected chi connectivity index (χ1v) is 3.84. The van der Waals surface area contributed by atoms with Crippen LogP contribution in [0.1, 0.15) is 20.3 Å². The Bertz CT molecular complexity index is 61.0. The van der Waals surface area contributed by atoms with Crippen LogP contribution in [-0.2, 0) is 4.52 Å². The molecule has 0 aliphatic carbocycles. The minimum atomic E-state index is 0.307. The van der Waals surface area contributed by atoms with Gasteiger partial charge in [-0.25, -0.2) is 0 Å². The van der Waals surface area contributed by atoms with E-state index in [0.29, 0.717) is 6.10 Å². The average molecular weight is 149 g/mol. The van der Waals surface area contributed by atoms with E-state index in [4.69, 9.17) is 4.52 Å². The molecule has 0 saturated heterocycles. The first-order valence-electron chi connectivity index (χ1n) is 3.37. The fourth-order valence-electron chi connectivity index (χ4n) is 0.530. The van der Waals surface area contributed by atoms with E-state index in [1.54, 1.807) is 0 Å². The topological polar surface area (TPSA) is 21.3 Å². The van der Waals surface area contributed by atoms with Crippen molar-refractivity contribution < 1.29 is 4.52 Å². The Kier molecular flexibility index (Phi) is 6.72. The molecular weight excluding hydrogens is 133 g/mol. The van der Waals surface area contributed by atoms with Gasteiger partial charge in [0.1, 0.15) is 0 Å². The van der Waals surface area contributed by atoms with Crippen LogP contribution in [0.25, 0.3) is 0 Å². The van der Waals surface area contributed by atoms with E-state index in [9.17, 15) is 0 Å². The molecule has 2 nitrogen and oxygen atoms in total. The molecule has 0 aliphatic heterocycles. The van der Waals surface area contributed by atoms with Gasteiger partial charge in [-0.1, -0.05) is 6.92 Å². The van der Waals surface area contributed by atoms with Crippen molar-refractivity contribution in [2.45, 2.75) is 26.4 Å². The van der Waals surface area contributed by atoms with Crippen molar-refractivity contribution in [3.05, 3.63) is 0 Å². The first-order chi connectivity index (χ1) is 4.31. The van der Waals surface area contributed by atoms with E-state index in [2.05, 4.69) is 21.7 Å². The van der Waals surface area contributed by atoms with Gasteiger partial charge in [-0.3, -0.25) is 0 Å². The van der Waals surface area contributed by atoms with Crippen molar-refractivity contribution in [2.24, 2.45) is 0 Å². The molecule has 0 aromatic rings. The highest BCUT2D eigenvalue weighted by molar-refractivity contribution is 7.09. The monoisotopic (exact) mass is 149 g/mol. The van der Waals surface area contributed by atoms with E-state index in [0.717, 1.165) is 13.1 Å². The van der Waals surface area contributed by atoms with E-state index in [-0.39, 0.29) is 0 Å². The lowest BCUT2D eigenvalue weighted by molar-refractivity contribution is 0.256. The molecule has 1 N–H and O–H groups in total. The molecular formula is C6H16NOP. The maximum atomic E-state index is 4.95. The van der Waals surface area contributed by atoms with Crippen molar-refractivity contribution in [2.75, 3.05) is 13.1 Å². The van der Waals surface area contributed by atoms with Gasteiger partial charge in [0.25, 0.3) is 0 Å².